The van der Waals surface area contributed by atoms with Crippen LogP contribution in [-0.4, -0.2) is 76.4 Å². The van der Waals surface area contributed by atoms with Crippen LogP contribution >= 0.6 is 0 Å². The molecule has 2 saturated carbocycles. The Hall–Kier alpha value is -5.15. The molecule has 59 heavy (non-hydrogen) atoms. The molecule has 9 rings (SSSR count). The molecule has 5 heterocycles. The SMILES string of the molecule is CC(C)(O)c1cccn2c(C3(c4ccc(-c5nn[nH]n5)cc4)CCC3)nnc12.Cc1ccc(C2(c3nnc4c(C(C)(C)OCOCC[Si](C)(C)C)cccn34)CC2)cc1. The van der Waals surface area contributed by atoms with Crippen LogP contribution in [0.25, 0.3) is 22.7 Å². The Labute approximate surface area is 346 Å². The first-order valence-electron chi connectivity index (χ1n) is 20.7. The number of fused-ring (bicyclic) bond motifs is 2. The largest absolute Gasteiger partial charge is 0.386 e. The fraction of sp³-hybridized carbons (Fsp3) is 0.444. The molecule has 308 valence electrons. The number of aromatic nitrogens is 10. The van der Waals surface area contributed by atoms with E-state index in [1.165, 1.54) is 16.7 Å². The summed E-state index contributed by atoms with van der Waals surface area (Å²) in [6, 6.07) is 26.2. The zero-order valence-electron chi connectivity index (χ0n) is 35.5. The minimum absolute atomic E-state index is 0.0311. The summed E-state index contributed by atoms with van der Waals surface area (Å²) in [7, 11) is -1.10. The summed E-state index contributed by atoms with van der Waals surface area (Å²) in [6.07, 6.45) is 9.44. The van der Waals surface area contributed by atoms with Crippen molar-refractivity contribution in [3.8, 4) is 11.4 Å². The first-order chi connectivity index (χ1) is 28.1. The number of benzene rings is 2. The maximum absolute atomic E-state index is 10.5. The molecule has 0 saturated heterocycles. The van der Waals surface area contributed by atoms with Gasteiger partial charge in [-0.1, -0.05) is 92.3 Å². The van der Waals surface area contributed by atoms with Gasteiger partial charge in [0.15, 0.2) is 11.3 Å². The lowest BCUT2D eigenvalue weighted by Crippen LogP contribution is -2.37. The number of hydrogen-bond acceptors (Lipinski definition) is 10. The Bertz CT molecular complexity index is 2520. The van der Waals surface area contributed by atoms with Gasteiger partial charge in [0.1, 0.15) is 18.4 Å². The van der Waals surface area contributed by atoms with Crippen molar-refractivity contribution in [2.75, 3.05) is 13.4 Å². The molecule has 2 N–H and O–H groups in total. The minimum Gasteiger partial charge on any atom is -0.386 e. The smallest absolute Gasteiger partial charge is 0.204 e. The summed E-state index contributed by atoms with van der Waals surface area (Å²) in [5.74, 6) is 2.53. The van der Waals surface area contributed by atoms with E-state index < -0.39 is 19.3 Å². The summed E-state index contributed by atoms with van der Waals surface area (Å²) >= 11 is 0. The van der Waals surface area contributed by atoms with Crippen LogP contribution in [0.3, 0.4) is 0 Å². The highest BCUT2D eigenvalue weighted by atomic mass is 28.3. The van der Waals surface area contributed by atoms with Gasteiger partial charge in [-0.25, -0.2) is 0 Å². The van der Waals surface area contributed by atoms with Crippen molar-refractivity contribution in [3.05, 3.63) is 125 Å². The highest BCUT2D eigenvalue weighted by molar-refractivity contribution is 6.76. The van der Waals surface area contributed by atoms with Gasteiger partial charge >= 0.3 is 0 Å². The Morgan fingerprint density at radius 2 is 1.29 bits per heavy atom. The molecule has 13 nitrogen and oxygen atoms in total. The normalized spacial score (nSPS) is 16.2. The molecule has 0 spiro atoms. The molecule has 7 aromatic rings. The fourth-order valence-electron chi connectivity index (χ4n) is 8.17. The Balaban J connectivity index is 0.000000165. The van der Waals surface area contributed by atoms with E-state index >= 15 is 0 Å². The van der Waals surface area contributed by atoms with E-state index in [1.54, 1.807) is 13.8 Å². The molecule has 14 heteroatoms. The molecule has 2 aromatic carbocycles. The summed E-state index contributed by atoms with van der Waals surface area (Å²) in [6.45, 7) is 17.9. The van der Waals surface area contributed by atoms with Crippen LogP contribution in [0.15, 0.2) is 85.2 Å². The standard InChI is InChI=1S/C25H35N3O2Si.C20H21N7O/c1-19-9-11-20(12-10-19)25(13-14-25)23-27-26-22-21(8-7-15-28(22)23)24(2,3)30-18-29-16-17-31(4,5)6;1-19(2,28)15-5-3-12-27-17(15)23-24-18(27)20(10-4-11-20)14-8-6-13(7-9-14)16-21-25-26-22-16/h7-12,15H,13-14,16-18H2,1-6H3;3,5-9,12,28H,4,10-11H2,1-2H3,(H,21,22,25,26). The number of tetrazole rings is 1. The van der Waals surface area contributed by atoms with Gasteiger partial charge in [-0.3, -0.25) is 8.80 Å². The first-order valence-corrected chi connectivity index (χ1v) is 24.4. The third-order valence-electron chi connectivity index (χ3n) is 12.1. The van der Waals surface area contributed by atoms with Crippen LogP contribution in [-0.2, 0) is 31.5 Å². The zero-order valence-corrected chi connectivity index (χ0v) is 36.5. The van der Waals surface area contributed by atoms with Crippen molar-refractivity contribution >= 4 is 19.4 Å². The number of nitrogens with zero attached hydrogens (tertiary/aromatic N) is 9. The Morgan fingerprint density at radius 3 is 1.80 bits per heavy atom. The van der Waals surface area contributed by atoms with Gasteiger partial charge in [0.2, 0.25) is 5.82 Å². The molecular formula is C45H56N10O3Si. The lowest BCUT2D eigenvalue weighted by atomic mass is 9.63. The van der Waals surface area contributed by atoms with E-state index in [4.69, 9.17) is 9.47 Å². The summed E-state index contributed by atoms with van der Waals surface area (Å²) in [4.78, 5) is 0. The second-order valence-corrected chi connectivity index (χ2v) is 24.1. The van der Waals surface area contributed by atoms with Crippen molar-refractivity contribution < 1.29 is 14.6 Å². The fourth-order valence-corrected chi connectivity index (χ4v) is 8.93. The molecule has 2 aliphatic carbocycles. The van der Waals surface area contributed by atoms with Gasteiger partial charge in [-0.15, -0.1) is 30.6 Å². The van der Waals surface area contributed by atoms with Crippen LogP contribution in [0.4, 0.5) is 0 Å². The number of ether oxygens (including phenoxy) is 2. The molecule has 5 aromatic heterocycles. The molecule has 0 unspecified atom stereocenters. The van der Waals surface area contributed by atoms with Gasteiger partial charge in [0.25, 0.3) is 0 Å². The van der Waals surface area contributed by atoms with Crippen LogP contribution < -0.4 is 0 Å². The number of rotatable bonds is 13. The molecular weight excluding hydrogens is 757 g/mol. The quantitative estimate of drug-likeness (QED) is 0.0661. The van der Waals surface area contributed by atoms with E-state index in [9.17, 15) is 5.11 Å². The second-order valence-electron chi connectivity index (χ2n) is 18.5. The molecule has 0 amide bonds. The van der Waals surface area contributed by atoms with Crippen molar-refractivity contribution in [2.24, 2.45) is 0 Å². The molecule has 0 atom stereocenters. The highest BCUT2D eigenvalue weighted by Crippen LogP contribution is 2.53. The number of hydrogen-bond donors (Lipinski definition) is 2. The minimum atomic E-state index is -1.10. The van der Waals surface area contributed by atoms with Crippen molar-refractivity contribution in [1.29, 1.82) is 0 Å². The van der Waals surface area contributed by atoms with Gasteiger partial charge in [-0.05, 0) is 94.8 Å². The van der Waals surface area contributed by atoms with E-state index in [0.29, 0.717) is 11.5 Å². The van der Waals surface area contributed by atoms with Crippen LogP contribution in [0.5, 0.6) is 0 Å². The molecule has 2 aliphatic rings. The Kier molecular flexibility index (Phi) is 10.6. The third-order valence-corrected chi connectivity index (χ3v) is 13.8. The number of aryl methyl sites for hydroxylation is 1. The van der Waals surface area contributed by atoms with Crippen LogP contribution in [0.1, 0.15) is 99.3 Å². The van der Waals surface area contributed by atoms with Gasteiger partial charge < -0.3 is 14.6 Å². The molecule has 0 bridgehead atoms. The summed E-state index contributed by atoms with van der Waals surface area (Å²) in [5.41, 5.74) is 6.39. The van der Waals surface area contributed by atoms with E-state index in [0.717, 1.165) is 78.7 Å². The average Bonchev–Trinajstić information content (AvgIpc) is 3.50. The third kappa shape index (κ3) is 7.98. The molecule has 2 fully saturated rings. The van der Waals surface area contributed by atoms with Gasteiger partial charge in [0.05, 0.1) is 22.0 Å². The number of pyridine rings is 2. The van der Waals surface area contributed by atoms with Crippen molar-refractivity contribution in [2.45, 2.75) is 114 Å². The van der Waals surface area contributed by atoms with Gasteiger partial charge in [-0.2, -0.15) is 5.21 Å². The number of H-pyrrole nitrogens is 1. The lowest BCUT2D eigenvalue weighted by molar-refractivity contribution is -0.128. The zero-order chi connectivity index (χ0) is 41.6. The van der Waals surface area contributed by atoms with E-state index in [1.807, 2.05) is 34.9 Å². The van der Waals surface area contributed by atoms with Crippen molar-refractivity contribution in [3.63, 3.8) is 0 Å². The predicted molar refractivity (Wildman–Crippen MR) is 230 cm³/mol. The number of nitrogens with one attached hydrogen (secondary N) is 1. The Morgan fingerprint density at radius 1 is 0.729 bits per heavy atom. The second kappa shape index (κ2) is 15.5. The molecule has 0 radical (unpaired) electrons. The van der Waals surface area contributed by atoms with E-state index in [-0.39, 0.29) is 17.6 Å². The number of aliphatic hydroxyl groups is 1. The average molecular weight is 813 g/mol. The van der Waals surface area contributed by atoms with Crippen LogP contribution in [0.2, 0.25) is 25.7 Å². The van der Waals surface area contributed by atoms with Crippen LogP contribution in [0, 0.1) is 6.92 Å². The monoisotopic (exact) mass is 812 g/mol. The lowest BCUT2D eigenvalue weighted by Gasteiger charge is -2.41. The summed E-state index contributed by atoms with van der Waals surface area (Å²) in [5, 5.41) is 43.0. The highest BCUT2D eigenvalue weighted by Gasteiger charge is 2.50. The molecule has 0 aliphatic heterocycles. The topological polar surface area (TPSA) is 154 Å². The summed E-state index contributed by atoms with van der Waals surface area (Å²) < 4.78 is 16.1. The maximum atomic E-state index is 10.5. The maximum Gasteiger partial charge on any atom is 0.204 e. The first kappa shape index (κ1) is 40.6. The van der Waals surface area contributed by atoms with Gasteiger partial charge in [0, 0.05) is 43.8 Å². The van der Waals surface area contributed by atoms with Crippen molar-refractivity contribution in [1.82, 2.24) is 49.8 Å². The van der Waals surface area contributed by atoms with E-state index in [2.05, 4.69) is 141 Å². The number of aromatic amines is 1. The predicted octanol–water partition coefficient (Wildman–Crippen LogP) is 8.29.